The van der Waals surface area contributed by atoms with Crippen LogP contribution in [0.1, 0.15) is 15.9 Å². The van der Waals surface area contributed by atoms with Crippen molar-refractivity contribution in [1.29, 1.82) is 0 Å². The van der Waals surface area contributed by atoms with E-state index in [1.165, 1.54) is 6.07 Å². The van der Waals surface area contributed by atoms with E-state index in [0.717, 1.165) is 0 Å². The van der Waals surface area contributed by atoms with Crippen LogP contribution in [0, 0.1) is 5.82 Å². The molecule has 0 heterocycles. The topological polar surface area (TPSA) is 61.4 Å². The van der Waals surface area contributed by atoms with E-state index in [2.05, 4.69) is 10.9 Å². The van der Waals surface area contributed by atoms with Crippen molar-refractivity contribution < 1.29 is 14.0 Å². The number of hydrogen-bond acceptors (Lipinski definition) is 3. The number of hydrogen-bond donors (Lipinski definition) is 2. The fourth-order valence-corrected chi connectivity index (χ4v) is 2.32. The number of rotatable bonds is 5. The van der Waals surface area contributed by atoms with Crippen LogP contribution in [-0.4, -0.2) is 30.3 Å². The summed E-state index contributed by atoms with van der Waals surface area (Å²) in [5.74, 6) is -1.25. The van der Waals surface area contributed by atoms with Gasteiger partial charge in [0.2, 0.25) is 0 Å². The van der Waals surface area contributed by atoms with Gasteiger partial charge in [-0.25, -0.2) is 4.39 Å². The maximum Gasteiger partial charge on any atom is 0.271 e. The molecule has 24 heavy (non-hydrogen) atoms. The van der Waals surface area contributed by atoms with Gasteiger partial charge in [0.1, 0.15) is 5.82 Å². The van der Waals surface area contributed by atoms with Gasteiger partial charge >= 0.3 is 0 Å². The Kier molecular flexibility index (Phi) is 6.28. The quantitative estimate of drug-likeness (QED) is 0.815. The van der Waals surface area contributed by atoms with Gasteiger partial charge in [-0.1, -0.05) is 41.9 Å². The third-order valence-corrected chi connectivity index (χ3v) is 3.58. The molecule has 0 unspecified atom stereocenters. The van der Waals surface area contributed by atoms with Crippen molar-refractivity contribution in [3.63, 3.8) is 0 Å². The molecule has 7 heteroatoms. The molecule has 0 spiro atoms. The van der Waals surface area contributed by atoms with Gasteiger partial charge < -0.3 is 0 Å². The summed E-state index contributed by atoms with van der Waals surface area (Å²) in [7, 11) is 1.68. The zero-order valence-electron chi connectivity index (χ0n) is 13.1. The molecular formula is C17H17ClFN3O2. The maximum absolute atomic E-state index is 13.6. The van der Waals surface area contributed by atoms with Gasteiger partial charge in [-0.05, 0) is 25.2 Å². The summed E-state index contributed by atoms with van der Waals surface area (Å²) in [6.07, 6.45) is 0. The average Bonchev–Trinajstić information content (AvgIpc) is 2.55. The number of nitrogens with zero attached hydrogens (tertiary/aromatic N) is 1. The monoisotopic (exact) mass is 349 g/mol. The Morgan fingerprint density at radius 3 is 2.46 bits per heavy atom. The second-order valence-corrected chi connectivity index (χ2v) is 5.65. The molecule has 0 saturated heterocycles. The third kappa shape index (κ3) is 5.04. The molecule has 0 aliphatic rings. The lowest BCUT2D eigenvalue weighted by molar-refractivity contribution is -0.122. The fourth-order valence-electron chi connectivity index (χ4n) is 2.10. The number of nitrogens with one attached hydrogen (secondary N) is 2. The molecule has 0 bridgehead atoms. The van der Waals surface area contributed by atoms with Crippen molar-refractivity contribution in [3.05, 3.63) is 70.5 Å². The number of amides is 2. The summed E-state index contributed by atoms with van der Waals surface area (Å²) >= 11 is 5.91. The molecule has 0 aliphatic heterocycles. The largest absolute Gasteiger partial charge is 0.293 e. The second kappa shape index (κ2) is 8.42. The van der Waals surface area contributed by atoms with Gasteiger partial charge in [-0.2, -0.15) is 0 Å². The zero-order chi connectivity index (χ0) is 17.5. The van der Waals surface area contributed by atoms with E-state index in [4.69, 9.17) is 11.6 Å². The van der Waals surface area contributed by atoms with Crippen LogP contribution in [0.3, 0.4) is 0 Å². The van der Waals surface area contributed by atoms with Crippen molar-refractivity contribution in [1.82, 2.24) is 15.8 Å². The smallest absolute Gasteiger partial charge is 0.271 e. The van der Waals surface area contributed by atoms with Crippen molar-refractivity contribution in [2.24, 2.45) is 0 Å². The van der Waals surface area contributed by atoms with Crippen LogP contribution in [0.15, 0.2) is 48.5 Å². The first-order chi connectivity index (χ1) is 11.5. The highest BCUT2D eigenvalue weighted by Crippen LogP contribution is 2.14. The van der Waals surface area contributed by atoms with Crippen LogP contribution >= 0.6 is 11.6 Å². The molecule has 0 aromatic heterocycles. The first-order valence-electron chi connectivity index (χ1n) is 7.23. The summed E-state index contributed by atoms with van der Waals surface area (Å²) in [5, 5.41) is 0.293. The highest BCUT2D eigenvalue weighted by atomic mass is 35.5. The molecule has 2 aromatic rings. The van der Waals surface area contributed by atoms with Crippen LogP contribution in [0.4, 0.5) is 4.39 Å². The number of halogens is 2. The summed E-state index contributed by atoms with van der Waals surface area (Å²) < 4.78 is 13.6. The van der Waals surface area contributed by atoms with Gasteiger partial charge in [-0.15, -0.1) is 0 Å². The van der Waals surface area contributed by atoms with Crippen molar-refractivity contribution in [2.75, 3.05) is 13.6 Å². The molecule has 126 valence electrons. The SMILES string of the molecule is CN(CC(=O)NNC(=O)c1ccccc1Cl)Cc1ccccc1F. The van der Waals surface area contributed by atoms with Crippen LogP contribution in [0.25, 0.3) is 0 Å². The molecule has 0 saturated carbocycles. The van der Waals surface area contributed by atoms with Crippen molar-refractivity contribution in [3.8, 4) is 0 Å². The Bertz CT molecular complexity index is 739. The molecule has 2 aromatic carbocycles. The first kappa shape index (κ1) is 17.9. The number of hydrazine groups is 1. The minimum absolute atomic E-state index is 0.00284. The second-order valence-electron chi connectivity index (χ2n) is 5.25. The van der Waals surface area contributed by atoms with Gasteiger partial charge in [0.05, 0.1) is 17.1 Å². The van der Waals surface area contributed by atoms with Gasteiger partial charge in [-0.3, -0.25) is 25.3 Å². The Labute approximate surface area is 144 Å². The minimum atomic E-state index is -0.509. The molecule has 0 aliphatic carbocycles. The number of carbonyl (C=O) groups excluding carboxylic acids is 2. The summed E-state index contributed by atoms with van der Waals surface area (Å²) in [6, 6.07) is 12.9. The van der Waals surface area contributed by atoms with E-state index in [1.807, 2.05) is 0 Å². The first-order valence-corrected chi connectivity index (χ1v) is 7.61. The number of benzene rings is 2. The highest BCUT2D eigenvalue weighted by Gasteiger charge is 2.12. The van der Waals surface area contributed by atoms with E-state index >= 15 is 0 Å². The minimum Gasteiger partial charge on any atom is -0.293 e. The standard InChI is InChI=1S/C17H17ClFN3O2/c1-22(10-12-6-2-5-9-15(12)19)11-16(23)20-21-17(24)13-7-3-4-8-14(13)18/h2-9H,10-11H2,1H3,(H,20,23)(H,21,24). The van der Waals surface area contributed by atoms with E-state index in [9.17, 15) is 14.0 Å². The Morgan fingerprint density at radius 2 is 1.75 bits per heavy atom. The van der Waals surface area contributed by atoms with Crippen LogP contribution < -0.4 is 10.9 Å². The van der Waals surface area contributed by atoms with E-state index < -0.39 is 11.8 Å². The third-order valence-electron chi connectivity index (χ3n) is 3.25. The molecule has 2 rings (SSSR count). The lowest BCUT2D eigenvalue weighted by Gasteiger charge is -2.17. The van der Waals surface area contributed by atoms with Crippen LogP contribution in [-0.2, 0) is 11.3 Å². The summed E-state index contributed by atoms with van der Waals surface area (Å²) in [5.41, 5.74) is 5.36. The Hall–Kier alpha value is -2.44. The molecule has 2 N–H and O–H groups in total. The zero-order valence-corrected chi connectivity index (χ0v) is 13.8. The van der Waals surface area contributed by atoms with E-state index in [0.29, 0.717) is 10.6 Å². The predicted molar refractivity (Wildman–Crippen MR) is 89.8 cm³/mol. The van der Waals surface area contributed by atoms with Crippen LogP contribution in [0.2, 0.25) is 5.02 Å². The maximum atomic E-state index is 13.6. The van der Waals surface area contributed by atoms with E-state index in [-0.39, 0.29) is 24.5 Å². The van der Waals surface area contributed by atoms with Gasteiger partial charge in [0.15, 0.2) is 0 Å². The van der Waals surface area contributed by atoms with Crippen LogP contribution in [0.5, 0.6) is 0 Å². The summed E-state index contributed by atoms with van der Waals surface area (Å²) in [4.78, 5) is 25.4. The molecular weight excluding hydrogens is 333 g/mol. The van der Waals surface area contributed by atoms with Gasteiger partial charge in [0.25, 0.3) is 11.8 Å². The van der Waals surface area contributed by atoms with E-state index in [1.54, 1.807) is 54.4 Å². The number of likely N-dealkylation sites (N-methyl/N-ethyl adjacent to an activating group) is 1. The molecule has 0 radical (unpaired) electrons. The fraction of sp³-hybridized carbons (Fsp3) is 0.176. The van der Waals surface area contributed by atoms with Crippen molar-refractivity contribution in [2.45, 2.75) is 6.54 Å². The molecule has 2 amide bonds. The molecule has 0 fully saturated rings. The lowest BCUT2D eigenvalue weighted by Crippen LogP contribution is -2.45. The molecule has 5 nitrogen and oxygen atoms in total. The Morgan fingerprint density at radius 1 is 1.08 bits per heavy atom. The lowest BCUT2D eigenvalue weighted by atomic mass is 10.2. The Balaban J connectivity index is 1.82. The van der Waals surface area contributed by atoms with Crippen molar-refractivity contribution >= 4 is 23.4 Å². The highest BCUT2D eigenvalue weighted by molar-refractivity contribution is 6.33. The average molecular weight is 350 g/mol. The number of carbonyl (C=O) groups is 2. The van der Waals surface area contributed by atoms with Gasteiger partial charge in [0, 0.05) is 12.1 Å². The normalized spacial score (nSPS) is 10.5. The molecule has 0 atom stereocenters. The summed E-state index contributed by atoms with van der Waals surface area (Å²) in [6.45, 7) is 0.274. The predicted octanol–water partition coefficient (Wildman–Crippen LogP) is 2.37.